The number of aryl methyl sites for hydroxylation is 1. The van der Waals surface area contributed by atoms with E-state index in [-0.39, 0.29) is 0 Å². The Kier molecular flexibility index (Phi) is 6.13. The van der Waals surface area contributed by atoms with E-state index in [2.05, 4.69) is 24.0 Å². The van der Waals surface area contributed by atoms with Gasteiger partial charge in [0.15, 0.2) is 0 Å². The second-order valence-corrected chi connectivity index (χ2v) is 6.95. The van der Waals surface area contributed by atoms with Crippen molar-refractivity contribution in [3.05, 3.63) is 29.3 Å². The van der Waals surface area contributed by atoms with Crippen LogP contribution in [-0.2, 0) is 23.0 Å². The van der Waals surface area contributed by atoms with E-state index in [0.29, 0.717) is 23.9 Å². The summed E-state index contributed by atoms with van der Waals surface area (Å²) in [6, 6.07) is 5.98. The van der Waals surface area contributed by atoms with Crippen LogP contribution in [0.5, 0.6) is 0 Å². The largest absolute Gasteiger partial charge is 0.310 e. The highest BCUT2D eigenvalue weighted by Crippen LogP contribution is 2.18. The fourth-order valence-electron chi connectivity index (χ4n) is 1.86. The molecule has 0 amide bonds. The maximum atomic E-state index is 12.3. The van der Waals surface area contributed by atoms with E-state index >= 15 is 0 Å². The first-order chi connectivity index (χ1) is 9.26. The van der Waals surface area contributed by atoms with Crippen LogP contribution in [0.25, 0.3) is 0 Å². The van der Waals surface area contributed by atoms with Gasteiger partial charge in [-0.1, -0.05) is 32.9 Å². The SMILES string of the molecule is CCc1ccc(CNC(C)C)cc1S(=O)(=O)NN(C)C. The smallest absolute Gasteiger partial charge is 0.253 e. The summed E-state index contributed by atoms with van der Waals surface area (Å²) in [5, 5.41) is 4.73. The minimum Gasteiger partial charge on any atom is -0.310 e. The van der Waals surface area contributed by atoms with Gasteiger partial charge in [-0.25, -0.2) is 13.4 Å². The highest BCUT2D eigenvalue weighted by atomic mass is 32.2. The zero-order chi connectivity index (χ0) is 15.3. The summed E-state index contributed by atoms with van der Waals surface area (Å²) in [6.45, 7) is 6.74. The van der Waals surface area contributed by atoms with Crippen LogP contribution < -0.4 is 10.1 Å². The van der Waals surface area contributed by atoms with Crippen LogP contribution >= 0.6 is 0 Å². The Morgan fingerprint density at radius 3 is 2.40 bits per heavy atom. The molecule has 0 heterocycles. The predicted molar refractivity (Wildman–Crippen MR) is 81.8 cm³/mol. The Morgan fingerprint density at radius 1 is 1.25 bits per heavy atom. The molecule has 0 saturated carbocycles. The normalized spacial score (nSPS) is 12.3. The second kappa shape index (κ2) is 7.17. The van der Waals surface area contributed by atoms with Crippen LogP contribution in [0.3, 0.4) is 0 Å². The lowest BCUT2D eigenvalue weighted by molar-refractivity contribution is 0.364. The molecule has 0 aliphatic heterocycles. The van der Waals surface area contributed by atoms with E-state index in [1.165, 1.54) is 5.01 Å². The molecule has 0 atom stereocenters. The van der Waals surface area contributed by atoms with Gasteiger partial charge in [0.2, 0.25) is 0 Å². The molecule has 6 heteroatoms. The third-order valence-electron chi connectivity index (χ3n) is 2.82. The number of sulfonamides is 1. The number of nitrogens with zero attached hydrogens (tertiary/aromatic N) is 1. The number of rotatable bonds is 7. The summed E-state index contributed by atoms with van der Waals surface area (Å²) in [6.07, 6.45) is 0.682. The average molecular weight is 299 g/mol. The van der Waals surface area contributed by atoms with Gasteiger partial charge in [0.1, 0.15) is 0 Å². The molecule has 0 aliphatic carbocycles. The van der Waals surface area contributed by atoms with E-state index in [0.717, 1.165) is 11.1 Å². The fourth-order valence-corrected chi connectivity index (χ4v) is 3.31. The first kappa shape index (κ1) is 17.1. The van der Waals surface area contributed by atoms with Crippen molar-refractivity contribution in [2.24, 2.45) is 0 Å². The van der Waals surface area contributed by atoms with Gasteiger partial charge in [-0.15, -0.1) is 4.83 Å². The molecular formula is C14H25N3O2S. The lowest BCUT2D eigenvalue weighted by Gasteiger charge is -2.16. The Morgan fingerprint density at radius 2 is 1.90 bits per heavy atom. The minimum atomic E-state index is -3.52. The van der Waals surface area contributed by atoms with Crippen molar-refractivity contribution in [3.8, 4) is 0 Å². The molecule has 0 aromatic heterocycles. The van der Waals surface area contributed by atoms with E-state index < -0.39 is 10.0 Å². The van der Waals surface area contributed by atoms with Crippen LogP contribution in [-0.4, -0.2) is 33.6 Å². The Hall–Kier alpha value is -0.950. The van der Waals surface area contributed by atoms with Crippen LogP contribution in [0.2, 0.25) is 0 Å². The Balaban J connectivity index is 3.12. The standard InChI is InChI=1S/C14H25N3O2S/c1-6-13-8-7-12(10-15-11(2)3)9-14(13)20(18,19)16-17(4)5/h7-9,11,15-16H,6,10H2,1-5H3. The molecule has 114 valence electrons. The highest BCUT2D eigenvalue weighted by molar-refractivity contribution is 7.89. The summed E-state index contributed by atoms with van der Waals surface area (Å²) < 4.78 is 24.7. The molecule has 2 N–H and O–H groups in total. The van der Waals surface area contributed by atoms with E-state index in [9.17, 15) is 8.42 Å². The van der Waals surface area contributed by atoms with Gasteiger partial charge in [-0.2, -0.15) is 0 Å². The third kappa shape index (κ3) is 4.86. The average Bonchev–Trinajstić information content (AvgIpc) is 2.34. The van der Waals surface area contributed by atoms with Crippen molar-refractivity contribution in [2.45, 2.75) is 44.7 Å². The van der Waals surface area contributed by atoms with Crippen molar-refractivity contribution >= 4 is 10.0 Å². The van der Waals surface area contributed by atoms with Gasteiger partial charge in [0.25, 0.3) is 10.0 Å². The molecule has 5 nitrogen and oxygen atoms in total. The quantitative estimate of drug-likeness (QED) is 0.749. The molecule has 20 heavy (non-hydrogen) atoms. The lowest BCUT2D eigenvalue weighted by atomic mass is 10.1. The third-order valence-corrected chi connectivity index (χ3v) is 4.38. The highest BCUT2D eigenvalue weighted by Gasteiger charge is 2.19. The lowest BCUT2D eigenvalue weighted by Crippen LogP contribution is -2.36. The Bertz CT molecular complexity index is 539. The molecule has 0 spiro atoms. The van der Waals surface area contributed by atoms with Crippen LogP contribution in [0.4, 0.5) is 0 Å². The predicted octanol–water partition coefficient (Wildman–Crippen LogP) is 1.50. The molecular weight excluding hydrogens is 274 g/mol. The molecule has 0 aliphatic rings. The second-order valence-electron chi connectivity index (χ2n) is 5.32. The van der Waals surface area contributed by atoms with Crippen LogP contribution in [0.15, 0.2) is 23.1 Å². The van der Waals surface area contributed by atoms with Gasteiger partial charge < -0.3 is 5.32 Å². The van der Waals surface area contributed by atoms with E-state index in [4.69, 9.17) is 0 Å². The maximum absolute atomic E-state index is 12.3. The minimum absolute atomic E-state index is 0.358. The van der Waals surface area contributed by atoms with Gasteiger partial charge in [0, 0.05) is 26.7 Å². The zero-order valence-electron chi connectivity index (χ0n) is 12.9. The molecule has 1 aromatic rings. The monoisotopic (exact) mass is 299 g/mol. The fraction of sp³-hybridized carbons (Fsp3) is 0.571. The van der Waals surface area contributed by atoms with E-state index in [1.54, 1.807) is 20.2 Å². The van der Waals surface area contributed by atoms with Gasteiger partial charge >= 0.3 is 0 Å². The molecule has 0 bridgehead atoms. The van der Waals surface area contributed by atoms with E-state index in [1.807, 2.05) is 19.1 Å². The number of hydrazine groups is 1. The van der Waals surface area contributed by atoms with Crippen LogP contribution in [0, 0.1) is 0 Å². The maximum Gasteiger partial charge on any atom is 0.253 e. The molecule has 0 radical (unpaired) electrons. The summed E-state index contributed by atoms with van der Waals surface area (Å²) >= 11 is 0. The summed E-state index contributed by atoms with van der Waals surface area (Å²) in [4.78, 5) is 2.85. The number of benzene rings is 1. The van der Waals surface area contributed by atoms with Gasteiger partial charge in [-0.05, 0) is 23.6 Å². The summed E-state index contributed by atoms with van der Waals surface area (Å²) in [5.41, 5.74) is 1.79. The summed E-state index contributed by atoms with van der Waals surface area (Å²) in [7, 11) is -0.195. The zero-order valence-corrected chi connectivity index (χ0v) is 13.7. The molecule has 0 fully saturated rings. The number of hydrogen-bond donors (Lipinski definition) is 2. The molecule has 1 rings (SSSR count). The molecule has 0 unspecified atom stereocenters. The first-order valence-electron chi connectivity index (χ1n) is 6.81. The first-order valence-corrected chi connectivity index (χ1v) is 8.29. The summed E-state index contributed by atoms with van der Waals surface area (Å²) in [5.74, 6) is 0. The number of hydrogen-bond acceptors (Lipinski definition) is 4. The van der Waals surface area contributed by atoms with Crippen molar-refractivity contribution < 1.29 is 8.42 Å². The van der Waals surface area contributed by atoms with Gasteiger partial charge in [0.05, 0.1) is 4.90 Å². The van der Waals surface area contributed by atoms with Crippen molar-refractivity contribution in [1.29, 1.82) is 0 Å². The Labute approximate surface area is 122 Å². The molecule has 1 aromatic carbocycles. The van der Waals surface area contributed by atoms with Crippen molar-refractivity contribution in [3.63, 3.8) is 0 Å². The van der Waals surface area contributed by atoms with Crippen molar-refractivity contribution in [1.82, 2.24) is 15.2 Å². The molecule has 0 saturated heterocycles. The van der Waals surface area contributed by atoms with Gasteiger partial charge in [-0.3, -0.25) is 0 Å². The number of nitrogens with one attached hydrogen (secondary N) is 2. The van der Waals surface area contributed by atoms with Crippen molar-refractivity contribution in [2.75, 3.05) is 14.1 Å². The van der Waals surface area contributed by atoms with Crippen LogP contribution in [0.1, 0.15) is 31.9 Å². The topological polar surface area (TPSA) is 61.4 Å².